The molecule has 2 aromatic carbocycles. The average molecular weight is 359 g/mol. The molecule has 0 atom stereocenters. The van der Waals surface area contributed by atoms with Crippen molar-refractivity contribution in [3.8, 4) is 11.5 Å². The predicted molar refractivity (Wildman–Crippen MR) is 78.2 cm³/mol. The summed E-state index contributed by atoms with van der Waals surface area (Å²) in [7, 11) is 0. The van der Waals surface area contributed by atoms with Crippen LogP contribution in [0.25, 0.3) is 0 Å². The molecule has 104 valence electrons. The Morgan fingerprint density at radius 1 is 1.25 bits per heavy atom. The molecule has 7 heteroatoms. The molecule has 0 amide bonds. The number of nitro groups is 1. The SMILES string of the molecule is O=[N+]([O-])c1ccc(Oc2cc(Br)ccc2CO)c(Cl)c1. The Balaban J connectivity index is 2.35. The molecule has 0 unspecified atom stereocenters. The molecular formula is C13H9BrClNO4. The van der Waals surface area contributed by atoms with Crippen LogP contribution < -0.4 is 4.74 Å². The number of aliphatic hydroxyl groups excluding tert-OH is 1. The van der Waals surface area contributed by atoms with Gasteiger partial charge in [0.1, 0.15) is 11.5 Å². The molecule has 0 spiro atoms. The van der Waals surface area contributed by atoms with E-state index in [1.165, 1.54) is 18.2 Å². The number of non-ortho nitro benzene ring substituents is 1. The lowest BCUT2D eigenvalue weighted by Crippen LogP contribution is -1.93. The van der Waals surface area contributed by atoms with Gasteiger partial charge in [0, 0.05) is 22.2 Å². The summed E-state index contributed by atoms with van der Waals surface area (Å²) in [5, 5.41) is 20.0. The van der Waals surface area contributed by atoms with Crippen molar-refractivity contribution in [1.29, 1.82) is 0 Å². The summed E-state index contributed by atoms with van der Waals surface area (Å²) < 4.78 is 6.38. The Morgan fingerprint density at radius 2 is 2.00 bits per heavy atom. The number of hydrogen-bond acceptors (Lipinski definition) is 4. The largest absolute Gasteiger partial charge is 0.455 e. The number of halogens is 2. The third-order valence-electron chi connectivity index (χ3n) is 2.55. The average Bonchev–Trinajstić information content (AvgIpc) is 2.41. The van der Waals surface area contributed by atoms with Gasteiger partial charge in [-0.1, -0.05) is 33.6 Å². The highest BCUT2D eigenvalue weighted by atomic mass is 79.9. The fourth-order valence-electron chi connectivity index (χ4n) is 1.56. The van der Waals surface area contributed by atoms with Gasteiger partial charge in [-0.25, -0.2) is 0 Å². The molecular weight excluding hydrogens is 350 g/mol. The Hall–Kier alpha value is -1.63. The predicted octanol–water partition coefficient (Wildman–Crippen LogP) is 4.30. The highest BCUT2D eigenvalue weighted by molar-refractivity contribution is 9.10. The van der Waals surface area contributed by atoms with Crippen molar-refractivity contribution in [2.45, 2.75) is 6.61 Å². The molecule has 2 rings (SSSR count). The van der Waals surface area contributed by atoms with E-state index in [2.05, 4.69) is 15.9 Å². The van der Waals surface area contributed by atoms with Crippen molar-refractivity contribution in [2.24, 2.45) is 0 Å². The van der Waals surface area contributed by atoms with Crippen molar-refractivity contribution >= 4 is 33.2 Å². The van der Waals surface area contributed by atoms with E-state index in [-0.39, 0.29) is 23.1 Å². The van der Waals surface area contributed by atoms with Crippen LogP contribution in [0.4, 0.5) is 5.69 Å². The summed E-state index contributed by atoms with van der Waals surface area (Å²) in [6, 6.07) is 9.10. The minimum absolute atomic E-state index is 0.112. The van der Waals surface area contributed by atoms with E-state index in [4.69, 9.17) is 16.3 Å². The van der Waals surface area contributed by atoms with Crippen molar-refractivity contribution in [1.82, 2.24) is 0 Å². The lowest BCUT2D eigenvalue weighted by Gasteiger charge is -2.11. The second-order valence-corrected chi connectivity index (χ2v) is 5.21. The first-order chi connectivity index (χ1) is 9.51. The zero-order chi connectivity index (χ0) is 14.7. The molecule has 0 fully saturated rings. The van der Waals surface area contributed by atoms with Crippen molar-refractivity contribution in [3.63, 3.8) is 0 Å². The summed E-state index contributed by atoms with van der Waals surface area (Å²) in [4.78, 5) is 10.1. The lowest BCUT2D eigenvalue weighted by atomic mass is 10.2. The molecule has 0 aliphatic heterocycles. The number of ether oxygens (including phenoxy) is 1. The van der Waals surface area contributed by atoms with Crippen molar-refractivity contribution < 1.29 is 14.8 Å². The monoisotopic (exact) mass is 357 g/mol. The Kier molecular flexibility index (Phi) is 4.59. The van der Waals surface area contributed by atoms with E-state index >= 15 is 0 Å². The van der Waals surface area contributed by atoms with Crippen LogP contribution in [0, 0.1) is 10.1 Å². The summed E-state index contributed by atoms with van der Waals surface area (Å²) in [5.74, 6) is 0.711. The minimum atomic E-state index is -0.534. The molecule has 0 bridgehead atoms. The zero-order valence-corrected chi connectivity index (χ0v) is 12.4. The van der Waals surface area contributed by atoms with Crippen LogP contribution in [-0.2, 0) is 6.61 Å². The molecule has 0 aliphatic carbocycles. The molecule has 0 saturated heterocycles. The Labute approximate surface area is 128 Å². The fourth-order valence-corrected chi connectivity index (χ4v) is 2.11. The quantitative estimate of drug-likeness (QED) is 0.653. The number of hydrogen-bond donors (Lipinski definition) is 1. The van der Waals surface area contributed by atoms with Gasteiger partial charge in [-0.15, -0.1) is 0 Å². The van der Waals surface area contributed by atoms with Gasteiger partial charge >= 0.3 is 0 Å². The summed E-state index contributed by atoms with van der Waals surface area (Å²) in [6.45, 7) is -0.187. The van der Waals surface area contributed by atoms with Gasteiger partial charge in [0.05, 0.1) is 16.6 Å². The number of nitrogens with zero attached hydrogens (tertiary/aromatic N) is 1. The molecule has 1 N–H and O–H groups in total. The number of nitro benzene ring substituents is 1. The van der Waals surface area contributed by atoms with E-state index in [0.29, 0.717) is 11.3 Å². The van der Waals surface area contributed by atoms with E-state index < -0.39 is 4.92 Å². The lowest BCUT2D eigenvalue weighted by molar-refractivity contribution is -0.384. The molecule has 0 radical (unpaired) electrons. The van der Waals surface area contributed by atoms with Gasteiger partial charge < -0.3 is 9.84 Å². The maximum absolute atomic E-state index is 10.6. The fraction of sp³-hybridized carbons (Fsp3) is 0.0769. The van der Waals surface area contributed by atoms with Crippen LogP contribution in [0.15, 0.2) is 40.9 Å². The van der Waals surface area contributed by atoms with E-state index in [1.54, 1.807) is 18.2 Å². The second kappa shape index (κ2) is 6.21. The molecule has 0 heterocycles. The topological polar surface area (TPSA) is 72.6 Å². The molecule has 5 nitrogen and oxygen atoms in total. The van der Waals surface area contributed by atoms with Crippen LogP contribution in [0.2, 0.25) is 5.02 Å². The first-order valence-corrected chi connectivity index (χ1v) is 6.69. The van der Waals surface area contributed by atoms with E-state index in [1.807, 2.05) is 0 Å². The first-order valence-electron chi connectivity index (χ1n) is 5.52. The van der Waals surface area contributed by atoms with Crippen LogP contribution >= 0.6 is 27.5 Å². The highest BCUT2D eigenvalue weighted by Crippen LogP contribution is 2.34. The van der Waals surface area contributed by atoms with Crippen LogP contribution in [-0.4, -0.2) is 10.0 Å². The number of rotatable bonds is 4. The number of benzene rings is 2. The molecule has 2 aromatic rings. The number of aliphatic hydroxyl groups is 1. The molecule has 0 aromatic heterocycles. The first kappa shape index (κ1) is 14.8. The van der Waals surface area contributed by atoms with Crippen LogP contribution in [0.3, 0.4) is 0 Å². The van der Waals surface area contributed by atoms with Crippen molar-refractivity contribution in [2.75, 3.05) is 0 Å². The zero-order valence-electron chi connectivity index (χ0n) is 10.0. The third kappa shape index (κ3) is 3.27. The smallest absolute Gasteiger partial charge is 0.271 e. The van der Waals surface area contributed by atoms with Crippen molar-refractivity contribution in [3.05, 3.63) is 61.6 Å². The van der Waals surface area contributed by atoms with E-state index in [0.717, 1.165) is 4.47 Å². The normalized spacial score (nSPS) is 10.3. The maximum atomic E-state index is 10.6. The molecule has 0 saturated carbocycles. The standard InChI is InChI=1S/C13H9BrClNO4/c14-9-2-1-8(7-17)13(5-9)20-12-4-3-10(16(18)19)6-11(12)15/h1-6,17H,7H2. The van der Waals surface area contributed by atoms with Gasteiger partial charge in [-0.05, 0) is 18.2 Å². The van der Waals surface area contributed by atoms with E-state index in [9.17, 15) is 15.2 Å². The summed E-state index contributed by atoms with van der Waals surface area (Å²) >= 11 is 9.26. The summed E-state index contributed by atoms with van der Waals surface area (Å²) in [5.41, 5.74) is 0.474. The van der Waals surface area contributed by atoms with Crippen LogP contribution in [0.5, 0.6) is 11.5 Å². The van der Waals surface area contributed by atoms with Gasteiger partial charge in [0.2, 0.25) is 0 Å². The Bertz CT molecular complexity index is 663. The Morgan fingerprint density at radius 3 is 2.60 bits per heavy atom. The van der Waals surface area contributed by atoms with Gasteiger partial charge in [0.25, 0.3) is 5.69 Å². The van der Waals surface area contributed by atoms with Gasteiger partial charge in [-0.3, -0.25) is 10.1 Å². The second-order valence-electron chi connectivity index (χ2n) is 3.88. The molecule has 0 aliphatic rings. The minimum Gasteiger partial charge on any atom is -0.455 e. The maximum Gasteiger partial charge on any atom is 0.271 e. The van der Waals surface area contributed by atoms with Gasteiger partial charge in [0.15, 0.2) is 0 Å². The summed E-state index contributed by atoms with van der Waals surface area (Å²) in [6.07, 6.45) is 0. The molecule has 20 heavy (non-hydrogen) atoms. The highest BCUT2D eigenvalue weighted by Gasteiger charge is 2.12. The third-order valence-corrected chi connectivity index (χ3v) is 3.33. The van der Waals surface area contributed by atoms with Crippen LogP contribution in [0.1, 0.15) is 5.56 Å². The van der Waals surface area contributed by atoms with Gasteiger partial charge in [-0.2, -0.15) is 0 Å².